The maximum Gasteiger partial charge on any atom is 0.413 e. The molecule has 0 saturated carbocycles. The molecule has 5 aromatic rings. The predicted octanol–water partition coefficient (Wildman–Crippen LogP) is 1.63. The maximum absolute atomic E-state index is 13.1. The molecule has 0 saturated heterocycles. The molecule has 0 radical (unpaired) electrons. The van der Waals surface area contributed by atoms with Gasteiger partial charge in [-0.1, -0.05) is 0 Å². The van der Waals surface area contributed by atoms with E-state index >= 15 is 0 Å². The molecule has 0 fully saturated rings. The Morgan fingerprint density at radius 1 is 0.540 bits per heavy atom. The first-order chi connectivity index (χ1) is 29.6. The lowest BCUT2D eigenvalue weighted by Gasteiger charge is -2.18. The molecule has 5 heterocycles. The molecule has 0 aliphatic heterocycles. The number of carboxylic acids is 1. The molecule has 0 aliphatic carbocycles. The van der Waals surface area contributed by atoms with Gasteiger partial charge in [-0.25, -0.2) is 24.5 Å². The van der Waals surface area contributed by atoms with Crippen LogP contribution in [0.3, 0.4) is 0 Å². The zero-order valence-corrected chi connectivity index (χ0v) is 35.6. The molecule has 0 spiro atoms. The zero-order chi connectivity index (χ0) is 46.3. The first-order valence-electron chi connectivity index (χ1n) is 19.0. The van der Waals surface area contributed by atoms with Gasteiger partial charge in [0.05, 0.1) is 11.4 Å². The molecule has 63 heavy (non-hydrogen) atoms. The fourth-order valence-electron chi connectivity index (χ4n) is 5.87. The molecule has 25 nitrogen and oxygen atoms in total. The summed E-state index contributed by atoms with van der Waals surface area (Å²) in [5, 5.41) is 27.2. The number of aromatic carboxylic acids is 1. The average Bonchev–Trinajstić information content (AvgIpc) is 3.99. The van der Waals surface area contributed by atoms with Crippen LogP contribution in [0.5, 0.6) is 0 Å². The summed E-state index contributed by atoms with van der Waals surface area (Å²) in [5.41, 5.74) is 0.192. The van der Waals surface area contributed by atoms with Crippen molar-refractivity contribution in [2.75, 3.05) is 39.7 Å². The summed E-state index contributed by atoms with van der Waals surface area (Å²) in [6.07, 6.45) is 6.23. The van der Waals surface area contributed by atoms with Crippen LogP contribution in [-0.2, 0) is 49.6 Å². The number of aryl methyl sites for hydroxylation is 5. The monoisotopic (exact) mass is 873 g/mol. The van der Waals surface area contributed by atoms with Crippen molar-refractivity contribution in [3.63, 3.8) is 0 Å². The number of aromatic nitrogens is 8. The Hall–Kier alpha value is -8.25. The van der Waals surface area contributed by atoms with Gasteiger partial charge in [0, 0.05) is 92.2 Å². The Balaban J connectivity index is 1.05. The Kier molecular flexibility index (Phi) is 13.8. The van der Waals surface area contributed by atoms with Crippen molar-refractivity contribution in [1.82, 2.24) is 48.4 Å². The van der Waals surface area contributed by atoms with Crippen molar-refractivity contribution in [1.29, 1.82) is 0 Å². The van der Waals surface area contributed by atoms with Crippen LogP contribution in [0.4, 0.5) is 33.6 Å². The predicted molar refractivity (Wildman–Crippen MR) is 224 cm³/mol. The second kappa shape index (κ2) is 19.0. The number of nitrogens with one attached hydrogen (secondary N) is 7. The van der Waals surface area contributed by atoms with E-state index in [1.165, 1.54) is 73.0 Å². The molecule has 0 aliphatic rings. The highest BCUT2D eigenvalue weighted by atomic mass is 16.6. The summed E-state index contributed by atoms with van der Waals surface area (Å²) < 4.78 is 12.2. The summed E-state index contributed by atoms with van der Waals surface area (Å²) in [6, 6.07) is 2.87. The molecule has 5 aromatic heterocycles. The number of carbonyl (C=O) groups is 8. The average molecular weight is 874 g/mol. The third-order valence-corrected chi connectivity index (χ3v) is 8.66. The molecule has 334 valence electrons. The van der Waals surface area contributed by atoms with Gasteiger partial charge < -0.3 is 64.6 Å². The van der Waals surface area contributed by atoms with E-state index in [0.29, 0.717) is 5.69 Å². The smallest absolute Gasteiger partial charge is 0.413 e. The fraction of sp³-hybridized carbons (Fsp3) is 0.342. The van der Waals surface area contributed by atoms with Gasteiger partial charge in [-0.05, 0) is 32.9 Å². The number of anilines is 5. The molecule has 0 atom stereocenters. The summed E-state index contributed by atoms with van der Waals surface area (Å²) in [4.78, 5) is 112. The van der Waals surface area contributed by atoms with Gasteiger partial charge >= 0.3 is 12.1 Å². The van der Waals surface area contributed by atoms with Crippen LogP contribution in [0.25, 0.3) is 0 Å². The Morgan fingerprint density at radius 3 is 1.30 bits per heavy atom. The number of nitrogens with zero attached hydrogens (tertiary/aromatic N) is 8. The minimum Gasteiger partial charge on any atom is -0.475 e. The van der Waals surface area contributed by atoms with Crippen molar-refractivity contribution in [3.8, 4) is 0 Å². The highest BCUT2D eigenvalue weighted by molar-refractivity contribution is 6.05. The Morgan fingerprint density at radius 2 is 0.921 bits per heavy atom. The lowest BCUT2D eigenvalue weighted by atomic mass is 10.2. The second-order valence-electron chi connectivity index (χ2n) is 15.1. The normalized spacial score (nSPS) is 11.0. The van der Waals surface area contributed by atoms with Gasteiger partial charge in [-0.2, -0.15) is 0 Å². The highest BCUT2D eigenvalue weighted by Gasteiger charge is 2.22. The number of carboxylic acid groups (broad SMARTS) is 1. The van der Waals surface area contributed by atoms with Gasteiger partial charge in [0.25, 0.3) is 23.6 Å². The number of hydrogen-bond donors (Lipinski definition) is 8. The van der Waals surface area contributed by atoms with Crippen molar-refractivity contribution in [3.05, 3.63) is 72.0 Å². The molecule has 0 unspecified atom stereocenters. The Bertz CT molecular complexity index is 2600. The third-order valence-electron chi connectivity index (χ3n) is 8.66. The van der Waals surface area contributed by atoms with Crippen LogP contribution < -0.4 is 37.2 Å². The van der Waals surface area contributed by atoms with Gasteiger partial charge in [-0.15, -0.1) is 0 Å². The Labute approximate surface area is 358 Å². The van der Waals surface area contributed by atoms with Crippen LogP contribution in [-0.4, -0.2) is 109 Å². The van der Waals surface area contributed by atoms with Gasteiger partial charge in [0.1, 0.15) is 17.0 Å². The summed E-state index contributed by atoms with van der Waals surface area (Å²) in [7, 11) is 7.78. The van der Waals surface area contributed by atoms with Gasteiger partial charge in [-0.3, -0.25) is 34.1 Å². The lowest BCUT2D eigenvalue weighted by molar-refractivity contribution is -0.116. The third kappa shape index (κ3) is 12.2. The minimum atomic E-state index is -1.25. The molecule has 5 rings (SSSR count). The molecule has 7 amide bonds. The highest BCUT2D eigenvalue weighted by Crippen LogP contribution is 2.18. The van der Waals surface area contributed by atoms with E-state index in [-0.39, 0.29) is 77.9 Å². The van der Waals surface area contributed by atoms with E-state index in [1.54, 1.807) is 49.0 Å². The molecular formula is C38H47N15O10. The van der Waals surface area contributed by atoms with Crippen LogP contribution >= 0.6 is 0 Å². The van der Waals surface area contributed by atoms with Gasteiger partial charge in [0.15, 0.2) is 17.5 Å². The van der Waals surface area contributed by atoms with E-state index in [4.69, 9.17) is 9.84 Å². The summed E-state index contributed by atoms with van der Waals surface area (Å²) in [6.45, 7) is 5.03. The largest absolute Gasteiger partial charge is 0.475 e. The van der Waals surface area contributed by atoms with Crippen LogP contribution in [0, 0.1) is 0 Å². The maximum atomic E-state index is 13.1. The van der Waals surface area contributed by atoms with Gasteiger partial charge in [0.2, 0.25) is 29.3 Å². The topological polar surface area (TPSA) is 314 Å². The standard InChI is InChI=1S/C38H47N15O10/c1-38(2,3)63-37(62)48-26-19-52(7)30(46-26)35(59)42-21-14-23(50(5)16-21)32(56)39-11-9-27(54)43-24-17-51(6)29(45-24)34(58)41-20-13-22(49(4)15-20)33(57)40-12-10-28(55)44-25-18-53(8)31(47-25)36(60)61/h13-19H,9-12H2,1-8H3,(H,39,56)(H,40,57)(H,41,58)(H,42,59)(H,43,54)(H,44,55)(H,48,62)(H,60,61). The number of hydrogen-bond acceptors (Lipinski definition) is 12. The number of imidazole rings is 3. The van der Waals surface area contributed by atoms with Crippen LogP contribution in [0.15, 0.2) is 43.1 Å². The van der Waals surface area contributed by atoms with Crippen molar-refractivity contribution in [2.24, 2.45) is 35.2 Å². The first-order valence-corrected chi connectivity index (χ1v) is 19.0. The molecule has 25 heteroatoms. The lowest BCUT2D eigenvalue weighted by Crippen LogP contribution is -2.29. The quantitative estimate of drug-likeness (QED) is 0.0700. The molecule has 0 aromatic carbocycles. The van der Waals surface area contributed by atoms with E-state index in [9.17, 15) is 38.4 Å². The second-order valence-corrected chi connectivity index (χ2v) is 15.1. The number of carbonyl (C=O) groups excluding carboxylic acids is 7. The van der Waals surface area contributed by atoms with E-state index in [0.717, 1.165) is 0 Å². The number of rotatable bonds is 16. The minimum absolute atomic E-state index is 0.0160. The zero-order valence-electron chi connectivity index (χ0n) is 35.6. The first kappa shape index (κ1) is 45.8. The van der Waals surface area contributed by atoms with Crippen molar-refractivity contribution in [2.45, 2.75) is 39.2 Å². The van der Waals surface area contributed by atoms with Crippen LogP contribution in [0.2, 0.25) is 0 Å². The van der Waals surface area contributed by atoms with Crippen LogP contribution in [0.1, 0.15) is 86.4 Å². The SMILES string of the molecule is Cn1cc(NC(=O)c2nc(NC(=O)CCNC(=O)c3cc(NC(=O)c4nc(NC(=O)OC(C)(C)C)cn4C)cn3C)cn2C)cc1C(=O)NCCC(=O)Nc1cn(C)c(C(=O)O)n1. The molecule has 0 bridgehead atoms. The molecular weight excluding hydrogens is 827 g/mol. The van der Waals surface area contributed by atoms with E-state index in [1.807, 2.05) is 0 Å². The van der Waals surface area contributed by atoms with E-state index in [2.05, 4.69) is 52.2 Å². The molecule has 8 N–H and O–H groups in total. The summed E-state index contributed by atoms with van der Waals surface area (Å²) in [5.74, 6) is -4.63. The number of ether oxygens (including phenoxy) is 1. The number of amides is 7. The van der Waals surface area contributed by atoms with Crippen molar-refractivity contribution < 1.29 is 48.2 Å². The van der Waals surface area contributed by atoms with Crippen molar-refractivity contribution >= 4 is 76.3 Å². The summed E-state index contributed by atoms with van der Waals surface area (Å²) >= 11 is 0. The fourth-order valence-corrected chi connectivity index (χ4v) is 5.87. The van der Waals surface area contributed by atoms with E-state index < -0.39 is 53.1 Å².